The van der Waals surface area contributed by atoms with Crippen LogP contribution in [0.2, 0.25) is 0 Å². The largest absolute Gasteiger partial charge is 0.396 e. The first kappa shape index (κ1) is 14.0. The van der Waals surface area contributed by atoms with Crippen molar-refractivity contribution in [2.45, 2.75) is 18.9 Å². The third-order valence-corrected chi connectivity index (χ3v) is 2.43. The second-order valence-corrected chi connectivity index (χ2v) is 3.79. The molecule has 0 aliphatic rings. The minimum atomic E-state index is -1.20. The molecular formula is C12H17F2NO2. The van der Waals surface area contributed by atoms with Crippen LogP contribution in [-0.2, 0) is 0 Å². The molecule has 0 aliphatic carbocycles. The van der Waals surface area contributed by atoms with Crippen LogP contribution < -0.4 is 5.32 Å². The highest BCUT2D eigenvalue weighted by Crippen LogP contribution is 2.19. The first-order valence-electron chi connectivity index (χ1n) is 5.60. The summed E-state index contributed by atoms with van der Waals surface area (Å²) in [4.78, 5) is 0. The van der Waals surface area contributed by atoms with Crippen LogP contribution in [0.4, 0.5) is 8.78 Å². The molecule has 0 heterocycles. The van der Waals surface area contributed by atoms with Gasteiger partial charge in [-0.05, 0) is 31.5 Å². The quantitative estimate of drug-likeness (QED) is 0.636. The molecule has 5 heteroatoms. The van der Waals surface area contributed by atoms with Crippen molar-refractivity contribution in [1.82, 2.24) is 5.32 Å². The molecule has 1 aromatic rings. The van der Waals surface area contributed by atoms with Crippen LogP contribution in [-0.4, -0.2) is 29.9 Å². The van der Waals surface area contributed by atoms with Crippen LogP contribution in [0.15, 0.2) is 18.2 Å². The van der Waals surface area contributed by atoms with Gasteiger partial charge < -0.3 is 15.5 Å². The van der Waals surface area contributed by atoms with Crippen molar-refractivity contribution in [2.24, 2.45) is 0 Å². The van der Waals surface area contributed by atoms with Crippen molar-refractivity contribution < 1.29 is 19.0 Å². The van der Waals surface area contributed by atoms with Crippen LogP contribution >= 0.6 is 0 Å². The molecule has 1 rings (SSSR count). The van der Waals surface area contributed by atoms with Gasteiger partial charge in [0.05, 0.1) is 11.7 Å². The van der Waals surface area contributed by atoms with Gasteiger partial charge in [0.2, 0.25) is 0 Å². The fourth-order valence-corrected chi connectivity index (χ4v) is 1.53. The molecule has 0 saturated heterocycles. The molecule has 0 amide bonds. The maximum atomic E-state index is 13.3. The Morgan fingerprint density at radius 2 is 1.82 bits per heavy atom. The van der Waals surface area contributed by atoms with Gasteiger partial charge in [-0.25, -0.2) is 8.78 Å². The van der Waals surface area contributed by atoms with Crippen LogP contribution in [0.5, 0.6) is 0 Å². The Bertz CT molecular complexity index is 327. The third-order valence-electron chi connectivity index (χ3n) is 2.43. The van der Waals surface area contributed by atoms with E-state index in [-0.39, 0.29) is 18.7 Å². The van der Waals surface area contributed by atoms with Gasteiger partial charge in [0.1, 0.15) is 11.6 Å². The Morgan fingerprint density at radius 1 is 1.18 bits per heavy atom. The van der Waals surface area contributed by atoms with Gasteiger partial charge in [-0.15, -0.1) is 0 Å². The maximum absolute atomic E-state index is 13.3. The monoisotopic (exact) mass is 245 g/mol. The van der Waals surface area contributed by atoms with Gasteiger partial charge >= 0.3 is 0 Å². The maximum Gasteiger partial charge on any atom is 0.131 e. The van der Waals surface area contributed by atoms with Crippen molar-refractivity contribution in [3.63, 3.8) is 0 Å². The number of halogens is 2. The predicted molar refractivity (Wildman–Crippen MR) is 60.5 cm³/mol. The lowest BCUT2D eigenvalue weighted by Crippen LogP contribution is -2.24. The number of nitrogens with one attached hydrogen (secondary N) is 1. The second-order valence-electron chi connectivity index (χ2n) is 3.79. The van der Waals surface area contributed by atoms with Crippen LogP contribution in [0.25, 0.3) is 0 Å². The summed E-state index contributed by atoms with van der Waals surface area (Å²) in [5.74, 6) is -1.48. The molecule has 17 heavy (non-hydrogen) atoms. The summed E-state index contributed by atoms with van der Waals surface area (Å²) in [5, 5.41) is 21.1. The Balaban J connectivity index is 2.44. The Labute approximate surface area is 99.1 Å². The lowest BCUT2D eigenvalue weighted by atomic mass is 10.1. The zero-order valence-corrected chi connectivity index (χ0v) is 9.50. The Hall–Kier alpha value is -1.04. The molecule has 1 atom stereocenters. The van der Waals surface area contributed by atoms with E-state index >= 15 is 0 Å². The summed E-state index contributed by atoms with van der Waals surface area (Å²) < 4.78 is 26.5. The summed E-state index contributed by atoms with van der Waals surface area (Å²) in [5.41, 5.74) is -0.304. The Kier molecular flexibility index (Phi) is 6.04. The molecule has 3 N–H and O–H groups in total. The SMILES string of the molecule is OCCCCNCC(O)c1c(F)cccc1F. The standard InChI is InChI=1S/C12H17F2NO2/c13-9-4-3-5-10(14)12(9)11(17)8-15-6-1-2-7-16/h3-5,11,15-17H,1-2,6-8H2. The predicted octanol–water partition coefficient (Wildman–Crippen LogP) is 1.36. The number of hydrogen-bond donors (Lipinski definition) is 3. The second kappa shape index (κ2) is 7.32. The summed E-state index contributed by atoms with van der Waals surface area (Å²) in [6.07, 6.45) is 0.213. The van der Waals surface area contributed by atoms with Gasteiger partial charge in [0.25, 0.3) is 0 Å². The average Bonchev–Trinajstić information content (AvgIpc) is 2.28. The molecule has 0 radical (unpaired) electrons. The number of hydrogen-bond acceptors (Lipinski definition) is 3. The zero-order chi connectivity index (χ0) is 12.7. The van der Waals surface area contributed by atoms with Gasteiger partial charge in [-0.2, -0.15) is 0 Å². The Morgan fingerprint density at radius 3 is 2.41 bits per heavy atom. The van der Waals surface area contributed by atoms with E-state index in [4.69, 9.17) is 5.11 Å². The normalized spacial score (nSPS) is 12.7. The molecule has 1 unspecified atom stereocenters. The zero-order valence-electron chi connectivity index (χ0n) is 9.50. The summed E-state index contributed by atoms with van der Waals surface area (Å²) in [6, 6.07) is 3.50. The number of aliphatic hydroxyl groups excluding tert-OH is 2. The van der Waals surface area contributed by atoms with E-state index in [1.807, 2.05) is 0 Å². The fourth-order valence-electron chi connectivity index (χ4n) is 1.53. The minimum absolute atomic E-state index is 0.0866. The highest BCUT2D eigenvalue weighted by molar-refractivity contribution is 5.22. The molecule has 0 saturated carbocycles. The first-order chi connectivity index (χ1) is 8.16. The highest BCUT2D eigenvalue weighted by atomic mass is 19.1. The number of aliphatic hydroxyl groups is 2. The van der Waals surface area contributed by atoms with Crippen molar-refractivity contribution in [2.75, 3.05) is 19.7 Å². The number of unbranched alkanes of at least 4 members (excludes halogenated alkanes) is 1. The van der Waals surface area contributed by atoms with E-state index in [1.165, 1.54) is 6.07 Å². The van der Waals surface area contributed by atoms with E-state index in [1.54, 1.807) is 0 Å². The summed E-state index contributed by atoms with van der Waals surface area (Å²) >= 11 is 0. The van der Waals surface area contributed by atoms with Crippen LogP contribution in [0.3, 0.4) is 0 Å². The van der Waals surface area contributed by atoms with Crippen molar-refractivity contribution in [3.05, 3.63) is 35.4 Å². The van der Waals surface area contributed by atoms with E-state index in [0.29, 0.717) is 13.0 Å². The molecule has 1 aromatic carbocycles. The lowest BCUT2D eigenvalue weighted by molar-refractivity contribution is 0.164. The highest BCUT2D eigenvalue weighted by Gasteiger charge is 2.16. The molecule has 0 aromatic heterocycles. The molecule has 0 fully saturated rings. The van der Waals surface area contributed by atoms with Gasteiger partial charge in [-0.1, -0.05) is 6.07 Å². The van der Waals surface area contributed by atoms with Gasteiger partial charge in [0.15, 0.2) is 0 Å². The van der Waals surface area contributed by atoms with E-state index < -0.39 is 17.7 Å². The third kappa shape index (κ3) is 4.38. The molecule has 0 aliphatic heterocycles. The minimum Gasteiger partial charge on any atom is -0.396 e. The molecule has 96 valence electrons. The number of rotatable bonds is 7. The summed E-state index contributed by atoms with van der Waals surface area (Å²) in [7, 11) is 0. The average molecular weight is 245 g/mol. The van der Waals surface area contributed by atoms with E-state index in [9.17, 15) is 13.9 Å². The summed E-state index contributed by atoms with van der Waals surface area (Å²) in [6.45, 7) is 0.795. The van der Waals surface area contributed by atoms with Crippen molar-refractivity contribution >= 4 is 0 Å². The van der Waals surface area contributed by atoms with E-state index in [0.717, 1.165) is 18.6 Å². The van der Waals surface area contributed by atoms with E-state index in [2.05, 4.69) is 5.32 Å². The molecular weight excluding hydrogens is 228 g/mol. The van der Waals surface area contributed by atoms with Crippen LogP contribution in [0, 0.1) is 11.6 Å². The van der Waals surface area contributed by atoms with Gasteiger partial charge in [-0.3, -0.25) is 0 Å². The molecule has 0 spiro atoms. The first-order valence-corrected chi connectivity index (χ1v) is 5.60. The molecule has 0 bridgehead atoms. The smallest absolute Gasteiger partial charge is 0.131 e. The molecule has 3 nitrogen and oxygen atoms in total. The van der Waals surface area contributed by atoms with Crippen LogP contribution in [0.1, 0.15) is 24.5 Å². The van der Waals surface area contributed by atoms with Crippen molar-refractivity contribution in [3.8, 4) is 0 Å². The topological polar surface area (TPSA) is 52.5 Å². The fraction of sp³-hybridized carbons (Fsp3) is 0.500. The lowest BCUT2D eigenvalue weighted by Gasteiger charge is -2.13. The van der Waals surface area contributed by atoms with Gasteiger partial charge in [0, 0.05) is 13.2 Å². The van der Waals surface area contributed by atoms with Crippen molar-refractivity contribution in [1.29, 1.82) is 0 Å². The number of benzene rings is 1.